The molecule has 1 saturated carbocycles. The highest BCUT2D eigenvalue weighted by Crippen LogP contribution is 2.54. The number of hydrogen-bond donors (Lipinski definition) is 3. The van der Waals surface area contributed by atoms with Gasteiger partial charge in [0, 0.05) is 11.5 Å². The number of rotatable bonds is 9. The third-order valence-corrected chi connectivity index (χ3v) is 8.94. The van der Waals surface area contributed by atoms with Crippen molar-refractivity contribution in [3.8, 4) is 23.0 Å². The Bertz CT molecular complexity index is 1290. The first kappa shape index (κ1) is 29.8. The molecule has 1 heterocycles. The lowest BCUT2D eigenvalue weighted by Gasteiger charge is -2.53. The number of aliphatic hydroxyl groups is 1. The van der Waals surface area contributed by atoms with E-state index >= 15 is 0 Å². The van der Waals surface area contributed by atoms with E-state index in [2.05, 4.69) is 26.8 Å². The molecule has 0 bridgehead atoms. The van der Waals surface area contributed by atoms with Crippen LogP contribution in [-0.4, -0.2) is 34.6 Å². The zero-order chi connectivity index (χ0) is 29.1. The molecule has 2 aliphatic rings. The summed E-state index contributed by atoms with van der Waals surface area (Å²) < 4.78 is 12.5. The highest BCUT2D eigenvalue weighted by atomic mass is 16.5. The molecule has 1 aliphatic heterocycles. The van der Waals surface area contributed by atoms with E-state index in [1.54, 1.807) is 19.2 Å². The molecule has 3 N–H and O–H groups in total. The molecule has 4 rings (SSSR count). The van der Waals surface area contributed by atoms with Crippen molar-refractivity contribution < 1.29 is 24.8 Å². The monoisotopic (exact) mass is 546 g/mol. The maximum absolute atomic E-state index is 10.7. The molecule has 0 unspecified atom stereocenters. The van der Waals surface area contributed by atoms with Crippen molar-refractivity contribution in [1.82, 2.24) is 0 Å². The van der Waals surface area contributed by atoms with Gasteiger partial charge >= 0.3 is 0 Å². The van der Waals surface area contributed by atoms with Gasteiger partial charge in [0.25, 0.3) is 0 Å². The van der Waals surface area contributed by atoms with Crippen molar-refractivity contribution in [2.75, 3.05) is 13.7 Å². The number of hydrogen-bond acceptors (Lipinski definition) is 5. The molecule has 216 valence electrons. The first-order valence-electron chi connectivity index (χ1n) is 14.5. The Hall–Kier alpha value is -3.18. The van der Waals surface area contributed by atoms with Crippen LogP contribution in [0.4, 0.5) is 0 Å². The van der Waals surface area contributed by atoms with Gasteiger partial charge in [0.2, 0.25) is 0 Å². The molecule has 2 aromatic carbocycles. The van der Waals surface area contributed by atoms with Crippen LogP contribution < -0.4 is 9.47 Å². The molecule has 0 aromatic heterocycles. The van der Waals surface area contributed by atoms with Crippen molar-refractivity contribution in [2.45, 2.75) is 85.2 Å². The lowest BCUT2D eigenvalue weighted by atomic mass is 9.59. The minimum atomic E-state index is -0.181. The summed E-state index contributed by atoms with van der Waals surface area (Å²) in [6.07, 6.45) is 14.5. The molecular formula is C35H46O5. The van der Waals surface area contributed by atoms with Crippen molar-refractivity contribution in [2.24, 2.45) is 11.3 Å². The lowest BCUT2D eigenvalue weighted by Crippen LogP contribution is -2.54. The Labute approximate surface area is 239 Å². The van der Waals surface area contributed by atoms with Crippen molar-refractivity contribution >= 4 is 12.2 Å². The minimum absolute atomic E-state index is 0.0787. The molecule has 5 heteroatoms. The molecule has 40 heavy (non-hydrogen) atoms. The predicted octanol–water partition coefficient (Wildman–Crippen LogP) is 8.00. The molecule has 1 fully saturated rings. The fraction of sp³-hybridized carbons (Fsp3) is 0.486. The minimum Gasteiger partial charge on any atom is -0.507 e. The molecule has 2 aromatic rings. The lowest BCUT2D eigenvalue weighted by molar-refractivity contribution is -0.0827. The second kappa shape index (κ2) is 12.1. The van der Waals surface area contributed by atoms with Gasteiger partial charge in [-0.1, -0.05) is 49.3 Å². The topological polar surface area (TPSA) is 79.2 Å². The summed E-state index contributed by atoms with van der Waals surface area (Å²) in [4.78, 5) is 0. The van der Waals surface area contributed by atoms with Crippen molar-refractivity contribution in [3.63, 3.8) is 0 Å². The molecule has 0 amide bonds. The van der Waals surface area contributed by atoms with Gasteiger partial charge in [0.15, 0.2) is 11.5 Å². The standard InChI is InChI=1S/C35H46O5/c1-23(9-7-10-24(2)22-36)11-14-28-29(37)18-26(19-30(28)38)13-12-25-17-27-21-32-34(3,4)15-8-16-35(32,5)40-33(27)31(20-25)39-6/h10-13,17-20,32,36-38H,7-9,14-16,21-22H2,1-6H3/t32-,35-/m1/s1. The zero-order valence-electron chi connectivity index (χ0n) is 25.0. The van der Waals surface area contributed by atoms with Crippen molar-refractivity contribution in [1.29, 1.82) is 0 Å². The largest absolute Gasteiger partial charge is 0.507 e. The van der Waals surface area contributed by atoms with Gasteiger partial charge in [-0.25, -0.2) is 0 Å². The second-order valence-corrected chi connectivity index (χ2v) is 12.6. The van der Waals surface area contributed by atoms with E-state index in [1.165, 1.54) is 24.0 Å². The SMILES string of the molecule is COc1cc(C=Cc2cc(O)c(CC=C(C)CCC=C(C)CO)c(O)c2)cc2c1O[C@]1(C)CCCC(C)(C)[C@H]1C2. The van der Waals surface area contributed by atoms with Gasteiger partial charge < -0.3 is 24.8 Å². The number of ether oxygens (including phenoxy) is 2. The summed E-state index contributed by atoms with van der Waals surface area (Å²) in [5, 5.41) is 30.5. The van der Waals surface area contributed by atoms with E-state index in [1.807, 2.05) is 44.2 Å². The first-order chi connectivity index (χ1) is 19.0. The summed E-state index contributed by atoms with van der Waals surface area (Å²) in [5.41, 5.74) is 5.56. The van der Waals surface area contributed by atoms with Gasteiger partial charge in [-0.15, -0.1) is 0 Å². The third-order valence-electron chi connectivity index (χ3n) is 8.94. The molecule has 5 nitrogen and oxygen atoms in total. The quantitative estimate of drug-likeness (QED) is 0.219. The number of aromatic hydroxyl groups is 2. The van der Waals surface area contributed by atoms with Crippen LogP contribution in [0.1, 0.15) is 89.0 Å². The van der Waals surface area contributed by atoms with Crippen LogP contribution in [0, 0.1) is 11.3 Å². The van der Waals surface area contributed by atoms with E-state index in [-0.39, 0.29) is 29.1 Å². The fourth-order valence-electron chi connectivity index (χ4n) is 6.49. The maximum Gasteiger partial charge on any atom is 0.165 e. The van der Waals surface area contributed by atoms with Crippen LogP contribution in [0.25, 0.3) is 12.2 Å². The van der Waals surface area contributed by atoms with Crippen LogP contribution >= 0.6 is 0 Å². The van der Waals surface area contributed by atoms with Crippen LogP contribution in [0.5, 0.6) is 23.0 Å². The van der Waals surface area contributed by atoms with Gasteiger partial charge in [0.1, 0.15) is 17.1 Å². The normalized spacial score (nSPS) is 22.5. The summed E-state index contributed by atoms with van der Waals surface area (Å²) >= 11 is 0. The van der Waals surface area contributed by atoms with E-state index in [4.69, 9.17) is 14.6 Å². The second-order valence-electron chi connectivity index (χ2n) is 12.6. The molecule has 0 spiro atoms. The van der Waals surface area contributed by atoms with Gasteiger partial charge in [0.05, 0.1) is 13.7 Å². The fourth-order valence-corrected chi connectivity index (χ4v) is 6.49. The van der Waals surface area contributed by atoms with E-state index in [0.29, 0.717) is 17.9 Å². The van der Waals surface area contributed by atoms with E-state index in [9.17, 15) is 10.2 Å². The average molecular weight is 547 g/mol. The number of aliphatic hydroxyl groups excluding tert-OH is 1. The van der Waals surface area contributed by atoms with Crippen LogP contribution in [-0.2, 0) is 12.8 Å². The van der Waals surface area contributed by atoms with Gasteiger partial charge in [-0.3, -0.25) is 0 Å². The number of fused-ring (bicyclic) bond motifs is 2. The Kier molecular flexibility index (Phi) is 9.04. The smallest absolute Gasteiger partial charge is 0.165 e. The number of methoxy groups -OCH3 is 1. The van der Waals surface area contributed by atoms with Crippen LogP contribution in [0.3, 0.4) is 0 Å². The van der Waals surface area contributed by atoms with Crippen molar-refractivity contribution in [3.05, 3.63) is 69.8 Å². The Balaban J connectivity index is 1.52. The number of phenols is 2. The Morgan fingerprint density at radius 2 is 1.65 bits per heavy atom. The number of phenolic OH excluding ortho intramolecular Hbond substituents is 2. The summed E-state index contributed by atoms with van der Waals surface area (Å²) in [6.45, 7) is 11.0. The molecule has 1 aliphatic carbocycles. The highest BCUT2D eigenvalue weighted by molar-refractivity contribution is 5.73. The molecular weight excluding hydrogens is 500 g/mol. The summed E-state index contributed by atoms with van der Waals surface area (Å²) in [6, 6.07) is 7.55. The summed E-state index contributed by atoms with van der Waals surface area (Å²) in [7, 11) is 1.68. The third kappa shape index (κ3) is 6.58. The van der Waals surface area contributed by atoms with E-state index in [0.717, 1.165) is 53.9 Å². The average Bonchev–Trinajstić information content (AvgIpc) is 2.89. The van der Waals surface area contributed by atoms with Gasteiger partial charge in [-0.2, -0.15) is 0 Å². The molecule has 0 radical (unpaired) electrons. The van der Waals surface area contributed by atoms with Crippen LogP contribution in [0.2, 0.25) is 0 Å². The van der Waals surface area contributed by atoms with Gasteiger partial charge in [-0.05, 0) is 112 Å². The van der Waals surface area contributed by atoms with Crippen LogP contribution in [0.15, 0.2) is 47.6 Å². The molecule has 0 saturated heterocycles. The Morgan fingerprint density at radius 1 is 0.975 bits per heavy atom. The predicted molar refractivity (Wildman–Crippen MR) is 163 cm³/mol. The highest BCUT2D eigenvalue weighted by Gasteiger charge is 2.51. The number of benzene rings is 2. The first-order valence-corrected chi connectivity index (χ1v) is 14.5. The number of allylic oxidation sites excluding steroid dienone is 3. The Morgan fingerprint density at radius 3 is 2.30 bits per heavy atom. The van der Waals surface area contributed by atoms with E-state index < -0.39 is 0 Å². The maximum atomic E-state index is 10.7. The molecule has 2 atom stereocenters. The summed E-state index contributed by atoms with van der Waals surface area (Å²) in [5.74, 6) is 2.19. The zero-order valence-corrected chi connectivity index (χ0v) is 25.0.